The SMILES string of the molecule is Cc1ccc2[nH]cc(NC(=O)N3CCCC3)c(=O)c2c1. The average Bonchev–Trinajstić information content (AvgIpc) is 2.96. The summed E-state index contributed by atoms with van der Waals surface area (Å²) in [6.07, 6.45) is 3.62. The molecule has 2 amide bonds. The maximum atomic E-state index is 12.4. The van der Waals surface area contributed by atoms with E-state index in [0.29, 0.717) is 11.1 Å². The largest absolute Gasteiger partial charge is 0.359 e. The van der Waals surface area contributed by atoms with Gasteiger partial charge in [0.15, 0.2) is 0 Å². The number of pyridine rings is 1. The Hall–Kier alpha value is -2.30. The third-order valence-corrected chi connectivity index (χ3v) is 3.67. The van der Waals surface area contributed by atoms with E-state index in [1.807, 2.05) is 25.1 Å². The smallest absolute Gasteiger partial charge is 0.321 e. The average molecular weight is 271 g/mol. The number of anilines is 1. The predicted molar refractivity (Wildman–Crippen MR) is 79.1 cm³/mol. The van der Waals surface area contributed by atoms with Crippen LogP contribution in [0, 0.1) is 6.92 Å². The van der Waals surface area contributed by atoms with Crippen molar-refractivity contribution in [3.05, 3.63) is 40.2 Å². The summed E-state index contributed by atoms with van der Waals surface area (Å²) in [5.41, 5.74) is 1.96. The van der Waals surface area contributed by atoms with Gasteiger partial charge in [-0.15, -0.1) is 0 Å². The minimum absolute atomic E-state index is 0.144. The molecule has 0 spiro atoms. The maximum Gasteiger partial charge on any atom is 0.321 e. The van der Waals surface area contributed by atoms with Gasteiger partial charge in [0.05, 0.1) is 0 Å². The molecule has 1 aliphatic heterocycles. The molecule has 0 aliphatic carbocycles. The van der Waals surface area contributed by atoms with E-state index in [-0.39, 0.29) is 11.5 Å². The number of aromatic amines is 1. The highest BCUT2D eigenvalue weighted by Crippen LogP contribution is 2.14. The first kappa shape index (κ1) is 12.7. The molecular formula is C15H17N3O2. The Bertz CT molecular complexity index is 715. The number of carbonyl (C=O) groups excluding carboxylic acids is 1. The molecule has 2 heterocycles. The number of urea groups is 1. The fourth-order valence-electron chi connectivity index (χ4n) is 2.54. The Balaban J connectivity index is 1.93. The first-order chi connectivity index (χ1) is 9.65. The Morgan fingerprint density at radius 1 is 1.30 bits per heavy atom. The zero-order valence-corrected chi connectivity index (χ0v) is 11.4. The van der Waals surface area contributed by atoms with Crippen molar-refractivity contribution in [2.45, 2.75) is 19.8 Å². The van der Waals surface area contributed by atoms with E-state index >= 15 is 0 Å². The molecule has 3 rings (SSSR count). The van der Waals surface area contributed by atoms with Gasteiger partial charge in [-0.05, 0) is 31.9 Å². The van der Waals surface area contributed by atoms with E-state index in [0.717, 1.165) is 37.0 Å². The van der Waals surface area contributed by atoms with E-state index in [9.17, 15) is 9.59 Å². The summed E-state index contributed by atoms with van der Waals surface area (Å²) in [4.78, 5) is 29.2. The fraction of sp³-hybridized carbons (Fsp3) is 0.333. The van der Waals surface area contributed by atoms with Crippen LogP contribution in [0.15, 0.2) is 29.2 Å². The number of hydrogen-bond acceptors (Lipinski definition) is 2. The zero-order valence-electron chi connectivity index (χ0n) is 11.4. The van der Waals surface area contributed by atoms with Crippen molar-refractivity contribution in [1.82, 2.24) is 9.88 Å². The molecule has 0 radical (unpaired) electrons. The van der Waals surface area contributed by atoms with Crippen molar-refractivity contribution in [2.24, 2.45) is 0 Å². The molecule has 5 heteroatoms. The molecule has 1 aliphatic rings. The Morgan fingerprint density at radius 2 is 2.05 bits per heavy atom. The summed E-state index contributed by atoms with van der Waals surface area (Å²) in [6, 6.07) is 5.46. The third kappa shape index (κ3) is 2.27. The van der Waals surface area contributed by atoms with Crippen LogP contribution in [0.4, 0.5) is 10.5 Å². The molecule has 1 aromatic carbocycles. The first-order valence-corrected chi connectivity index (χ1v) is 6.83. The molecule has 0 saturated carbocycles. The van der Waals surface area contributed by atoms with Crippen molar-refractivity contribution in [1.29, 1.82) is 0 Å². The minimum atomic E-state index is -0.194. The summed E-state index contributed by atoms with van der Waals surface area (Å²) in [6.45, 7) is 3.46. The number of aryl methyl sites for hydroxylation is 1. The van der Waals surface area contributed by atoms with Gasteiger partial charge in [0.1, 0.15) is 5.69 Å². The van der Waals surface area contributed by atoms with Crippen molar-refractivity contribution in [3.8, 4) is 0 Å². The standard InChI is InChI=1S/C15H17N3O2/c1-10-4-5-12-11(8-10)14(19)13(9-16-12)17-15(20)18-6-2-3-7-18/h4-5,8-9H,2-3,6-7H2,1H3,(H,16,19)(H,17,20). The van der Waals surface area contributed by atoms with Gasteiger partial charge in [-0.1, -0.05) is 11.6 Å². The van der Waals surface area contributed by atoms with Gasteiger partial charge in [0.2, 0.25) is 5.43 Å². The molecular weight excluding hydrogens is 254 g/mol. The zero-order chi connectivity index (χ0) is 14.1. The summed E-state index contributed by atoms with van der Waals surface area (Å²) in [5.74, 6) is 0. The van der Waals surface area contributed by atoms with Gasteiger partial charge in [0, 0.05) is 30.2 Å². The van der Waals surface area contributed by atoms with Crippen molar-refractivity contribution >= 4 is 22.6 Å². The van der Waals surface area contributed by atoms with Crippen molar-refractivity contribution < 1.29 is 4.79 Å². The van der Waals surface area contributed by atoms with E-state index in [2.05, 4.69) is 10.3 Å². The minimum Gasteiger partial charge on any atom is -0.359 e. The quantitative estimate of drug-likeness (QED) is 0.836. The van der Waals surface area contributed by atoms with Gasteiger partial charge in [-0.2, -0.15) is 0 Å². The fourth-order valence-corrected chi connectivity index (χ4v) is 2.54. The second kappa shape index (κ2) is 5.00. The number of H-pyrrole nitrogens is 1. The molecule has 2 N–H and O–H groups in total. The van der Waals surface area contributed by atoms with Crippen LogP contribution in [0.3, 0.4) is 0 Å². The molecule has 104 valence electrons. The second-order valence-electron chi connectivity index (χ2n) is 5.20. The number of carbonyl (C=O) groups is 1. The van der Waals surface area contributed by atoms with Crippen LogP contribution in [-0.4, -0.2) is 29.0 Å². The van der Waals surface area contributed by atoms with E-state index in [4.69, 9.17) is 0 Å². The van der Waals surface area contributed by atoms with Crippen LogP contribution >= 0.6 is 0 Å². The molecule has 1 fully saturated rings. The van der Waals surface area contributed by atoms with Gasteiger partial charge >= 0.3 is 6.03 Å². The topological polar surface area (TPSA) is 65.2 Å². The van der Waals surface area contributed by atoms with Crippen LogP contribution < -0.4 is 10.7 Å². The lowest BCUT2D eigenvalue weighted by Crippen LogP contribution is -2.33. The monoisotopic (exact) mass is 271 g/mol. The number of aromatic nitrogens is 1. The van der Waals surface area contributed by atoms with E-state index < -0.39 is 0 Å². The molecule has 5 nitrogen and oxygen atoms in total. The van der Waals surface area contributed by atoms with Crippen molar-refractivity contribution in [2.75, 3.05) is 18.4 Å². The summed E-state index contributed by atoms with van der Waals surface area (Å²) < 4.78 is 0. The van der Waals surface area contributed by atoms with Crippen LogP contribution in [-0.2, 0) is 0 Å². The van der Waals surface area contributed by atoms with Crippen molar-refractivity contribution in [3.63, 3.8) is 0 Å². The number of nitrogens with zero attached hydrogens (tertiary/aromatic N) is 1. The number of rotatable bonds is 1. The van der Waals surface area contributed by atoms with Gasteiger partial charge in [-0.3, -0.25) is 4.79 Å². The summed E-state index contributed by atoms with van der Waals surface area (Å²) in [5, 5.41) is 3.31. The normalized spacial score (nSPS) is 14.8. The number of benzene rings is 1. The van der Waals surface area contributed by atoms with E-state index in [1.165, 1.54) is 0 Å². The molecule has 0 bridgehead atoms. The van der Waals surface area contributed by atoms with E-state index in [1.54, 1.807) is 11.1 Å². The maximum absolute atomic E-state index is 12.4. The lowest BCUT2D eigenvalue weighted by atomic mass is 10.1. The number of nitrogens with one attached hydrogen (secondary N) is 2. The molecule has 1 aromatic heterocycles. The van der Waals surface area contributed by atoms with Gasteiger partial charge in [-0.25, -0.2) is 4.79 Å². The lowest BCUT2D eigenvalue weighted by molar-refractivity contribution is 0.222. The first-order valence-electron chi connectivity index (χ1n) is 6.83. The highest BCUT2D eigenvalue weighted by molar-refractivity contribution is 5.92. The number of hydrogen-bond donors (Lipinski definition) is 2. The Labute approximate surface area is 116 Å². The molecule has 0 atom stereocenters. The number of likely N-dealkylation sites (tertiary alicyclic amines) is 1. The highest BCUT2D eigenvalue weighted by Gasteiger charge is 2.18. The third-order valence-electron chi connectivity index (χ3n) is 3.67. The van der Waals surface area contributed by atoms with Crippen LogP contribution in [0.2, 0.25) is 0 Å². The molecule has 20 heavy (non-hydrogen) atoms. The molecule has 2 aromatic rings. The van der Waals surface area contributed by atoms with Gasteiger partial charge in [0.25, 0.3) is 0 Å². The molecule has 0 unspecified atom stereocenters. The summed E-state index contributed by atoms with van der Waals surface area (Å²) in [7, 11) is 0. The number of amides is 2. The Kier molecular flexibility index (Phi) is 3.18. The second-order valence-corrected chi connectivity index (χ2v) is 5.20. The Morgan fingerprint density at radius 3 is 2.80 bits per heavy atom. The van der Waals surface area contributed by atoms with Crippen LogP contribution in [0.5, 0.6) is 0 Å². The predicted octanol–water partition coefficient (Wildman–Crippen LogP) is 2.46. The highest BCUT2D eigenvalue weighted by atomic mass is 16.2. The molecule has 1 saturated heterocycles. The number of fused-ring (bicyclic) bond motifs is 1. The van der Waals surface area contributed by atoms with Crippen LogP contribution in [0.1, 0.15) is 18.4 Å². The van der Waals surface area contributed by atoms with Gasteiger partial charge < -0.3 is 15.2 Å². The summed E-state index contributed by atoms with van der Waals surface area (Å²) >= 11 is 0. The lowest BCUT2D eigenvalue weighted by Gasteiger charge is -2.16. The van der Waals surface area contributed by atoms with Crippen LogP contribution in [0.25, 0.3) is 10.9 Å².